The Balaban J connectivity index is 1.70. The summed E-state index contributed by atoms with van der Waals surface area (Å²) in [4.78, 5) is 11.9. The van der Waals surface area contributed by atoms with E-state index in [1.165, 1.54) is 0 Å². The molecule has 0 bridgehead atoms. The van der Waals surface area contributed by atoms with Crippen LogP contribution in [-0.4, -0.2) is 25.1 Å². The molecule has 1 saturated carbocycles. The number of nitrogens with two attached hydrogens (primary N) is 1. The van der Waals surface area contributed by atoms with Crippen LogP contribution < -0.4 is 15.8 Å². The van der Waals surface area contributed by atoms with Crippen LogP contribution >= 0.6 is 15.9 Å². The Kier molecular flexibility index (Phi) is 5.86. The van der Waals surface area contributed by atoms with E-state index in [2.05, 4.69) is 21.2 Å². The summed E-state index contributed by atoms with van der Waals surface area (Å²) in [5.74, 6) is 1.25. The minimum atomic E-state index is 0.0466. The average molecular weight is 341 g/mol. The van der Waals surface area contributed by atoms with Crippen molar-refractivity contribution in [2.75, 3.05) is 13.2 Å². The third kappa shape index (κ3) is 4.49. The van der Waals surface area contributed by atoms with Gasteiger partial charge in [-0.15, -0.1) is 0 Å². The Bertz CT molecular complexity index is 453. The van der Waals surface area contributed by atoms with Gasteiger partial charge in [0.1, 0.15) is 5.75 Å². The standard InChI is InChI=1S/C15H21BrN2O2/c16-12-4-2-5-13(9-12)20-8-7-15(19)18-14-6-1-3-11(14)10-17/h2,4-5,9,11,14H,1,3,6-8,10,17H2,(H,18,19). The van der Waals surface area contributed by atoms with Gasteiger partial charge in [0, 0.05) is 10.5 Å². The lowest BCUT2D eigenvalue weighted by Crippen LogP contribution is -2.40. The fourth-order valence-electron chi connectivity index (χ4n) is 2.61. The molecule has 1 aromatic carbocycles. The van der Waals surface area contributed by atoms with Crippen LogP contribution in [-0.2, 0) is 4.79 Å². The van der Waals surface area contributed by atoms with E-state index < -0.39 is 0 Å². The summed E-state index contributed by atoms with van der Waals surface area (Å²) in [5, 5.41) is 3.07. The number of hydrogen-bond acceptors (Lipinski definition) is 3. The first-order valence-corrected chi connectivity index (χ1v) is 7.86. The molecule has 110 valence electrons. The van der Waals surface area contributed by atoms with Crippen LogP contribution in [0.1, 0.15) is 25.7 Å². The number of halogens is 1. The summed E-state index contributed by atoms with van der Waals surface area (Å²) < 4.78 is 6.53. The highest BCUT2D eigenvalue weighted by Gasteiger charge is 2.26. The Labute approximate surface area is 128 Å². The molecule has 1 aromatic rings. The molecule has 2 atom stereocenters. The van der Waals surface area contributed by atoms with Crippen molar-refractivity contribution in [3.8, 4) is 5.75 Å². The Hall–Kier alpha value is -1.07. The van der Waals surface area contributed by atoms with Gasteiger partial charge < -0.3 is 15.8 Å². The Morgan fingerprint density at radius 1 is 1.45 bits per heavy atom. The summed E-state index contributed by atoms with van der Waals surface area (Å²) in [6, 6.07) is 7.86. The molecule has 0 aromatic heterocycles. The highest BCUT2D eigenvalue weighted by Crippen LogP contribution is 2.24. The number of amides is 1. The molecule has 0 aliphatic heterocycles. The molecular weight excluding hydrogens is 320 g/mol. The van der Waals surface area contributed by atoms with Crippen molar-refractivity contribution in [3.05, 3.63) is 28.7 Å². The lowest BCUT2D eigenvalue weighted by molar-refractivity contribution is -0.122. The van der Waals surface area contributed by atoms with Crippen LogP contribution in [0.5, 0.6) is 5.75 Å². The monoisotopic (exact) mass is 340 g/mol. The molecule has 0 heterocycles. The molecule has 4 nitrogen and oxygen atoms in total. The number of ether oxygens (including phenoxy) is 1. The second-order valence-electron chi connectivity index (χ2n) is 5.16. The largest absolute Gasteiger partial charge is 0.493 e. The third-order valence-corrected chi connectivity index (χ3v) is 4.20. The van der Waals surface area contributed by atoms with Gasteiger partial charge in [-0.05, 0) is 43.5 Å². The molecule has 1 fully saturated rings. The SMILES string of the molecule is NCC1CCCC1NC(=O)CCOc1cccc(Br)c1. The topological polar surface area (TPSA) is 64.3 Å². The molecule has 1 aliphatic rings. The Morgan fingerprint density at radius 3 is 3.05 bits per heavy atom. The predicted octanol–water partition coefficient (Wildman–Crippen LogP) is 2.46. The summed E-state index contributed by atoms with van der Waals surface area (Å²) in [5.41, 5.74) is 5.71. The Morgan fingerprint density at radius 2 is 2.30 bits per heavy atom. The maximum absolute atomic E-state index is 11.9. The fraction of sp³-hybridized carbons (Fsp3) is 0.533. The quantitative estimate of drug-likeness (QED) is 0.835. The van der Waals surface area contributed by atoms with E-state index in [4.69, 9.17) is 10.5 Å². The summed E-state index contributed by atoms with van der Waals surface area (Å²) in [6.07, 6.45) is 3.69. The van der Waals surface area contributed by atoms with Crippen LogP contribution in [0.4, 0.5) is 0 Å². The van der Waals surface area contributed by atoms with Crippen LogP contribution in [0.3, 0.4) is 0 Å². The zero-order valence-corrected chi connectivity index (χ0v) is 13.1. The number of benzene rings is 1. The van der Waals surface area contributed by atoms with Crippen LogP contribution in [0.25, 0.3) is 0 Å². The van der Waals surface area contributed by atoms with Gasteiger partial charge in [-0.1, -0.05) is 28.4 Å². The minimum absolute atomic E-state index is 0.0466. The number of rotatable bonds is 6. The molecule has 0 radical (unpaired) electrons. The van der Waals surface area contributed by atoms with E-state index in [1.54, 1.807) is 0 Å². The lowest BCUT2D eigenvalue weighted by atomic mass is 10.0. The fourth-order valence-corrected chi connectivity index (χ4v) is 2.98. The van der Waals surface area contributed by atoms with Gasteiger partial charge in [-0.2, -0.15) is 0 Å². The molecule has 1 aliphatic carbocycles. The first kappa shape index (κ1) is 15.3. The molecule has 5 heteroatoms. The van der Waals surface area contributed by atoms with Crippen LogP contribution in [0.15, 0.2) is 28.7 Å². The molecule has 2 unspecified atom stereocenters. The second-order valence-corrected chi connectivity index (χ2v) is 6.07. The van der Waals surface area contributed by atoms with Crippen molar-refractivity contribution >= 4 is 21.8 Å². The van der Waals surface area contributed by atoms with E-state index in [0.717, 1.165) is 29.5 Å². The normalized spacial score (nSPS) is 21.7. The average Bonchev–Trinajstić information content (AvgIpc) is 2.86. The molecule has 1 amide bonds. The van der Waals surface area contributed by atoms with Gasteiger partial charge in [0.15, 0.2) is 0 Å². The van der Waals surface area contributed by atoms with Crippen molar-refractivity contribution in [2.24, 2.45) is 11.7 Å². The minimum Gasteiger partial charge on any atom is -0.493 e. The first-order chi connectivity index (χ1) is 9.69. The molecule has 2 rings (SSSR count). The zero-order chi connectivity index (χ0) is 14.4. The van der Waals surface area contributed by atoms with E-state index in [9.17, 15) is 4.79 Å². The van der Waals surface area contributed by atoms with Gasteiger partial charge in [0.2, 0.25) is 5.91 Å². The molecule has 0 spiro atoms. The molecule has 0 saturated heterocycles. The second kappa shape index (κ2) is 7.64. The van der Waals surface area contributed by atoms with Gasteiger partial charge >= 0.3 is 0 Å². The zero-order valence-electron chi connectivity index (χ0n) is 11.5. The molecule has 3 N–H and O–H groups in total. The summed E-state index contributed by atoms with van der Waals surface area (Å²) in [7, 11) is 0. The number of carbonyl (C=O) groups is 1. The maximum Gasteiger partial charge on any atom is 0.223 e. The third-order valence-electron chi connectivity index (χ3n) is 3.70. The first-order valence-electron chi connectivity index (χ1n) is 7.07. The van der Waals surface area contributed by atoms with E-state index in [0.29, 0.717) is 25.5 Å². The maximum atomic E-state index is 11.9. The van der Waals surface area contributed by atoms with Gasteiger partial charge in [-0.3, -0.25) is 4.79 Å². The number of hydrogen-bond donors (Lipinski definition) is 2. The van der Waals surface area contributed by atoms with E-state index in [-0.39, 0.29) is 11.9 Å². The predicted molar refractivity (Wildman–Crippen MR) is 82.6 cm³/mol. The smallest absolute Gasteiger partial charge is 0.223 e. The van der Waals surface area contributed by atoms with Gasteiger partial charge in [0.25, 0.3) is 0 Å². The summed E-state index contributed by atoms with van der Waals surface area (Å²) in [6.45, 7) is 1.04. The van der Waals surface area contributed by atoms with Gasteiger partial charge in [0.05, 0.1) is 13.0 Å². The highest BCUT2D eigenvalue weighted by atomic mass is 79.9. The number of carbonyl (C=O) groups excluding carboxylic acids is 1. The lowest BCUT2D eigenvalue weighted by Gasteiger charge is -2.19. The van der Waals surface area contributed by atoms with Crippen molar-refractivity contribution in [2.45, 2.75) is 31.7 Å². The van der Waals surface area contributed by atoms with Crippen molar-refractivity contribution in [1.29, 1.82) is 0 Å². The van der Waals surface area contributed by atoms with E-state index >= 15 is 0 Å². The van der Waals surface area contributed by atoms with Crippen LogP contribution in [0, 0.1) is 5.92 Å². The van der Waals surface area contributed by atoms with Crippen molar-refractivity contribution in [1.82, 2.24) is 5.32 Å². The van der Waals surface area contributed by atoms with Crippen molar-refractivity contribution in [3.63, 3.8) is 0 Å². The van der Waals surface area contributed by atoms with Gasteiger partial charge in [-0.25, -0.2) is 0 Å². The van der Waals surface area contributed by atoms with Crippen LogP contribution in [0.2, 0.25) is 0 Å². The summed E-state index contributed by atoms with van der Waals surface area (Å²) >= 11 is 3.38. The molecular formula is C15H21BrN2O2. The molecule has 20 heavy (non-hydrogen) atoms. The van der Waals surface area contributed by atoms with E-state index in [1.807, 2.05) is 24.3 Å². The highest BCUT2D eigenvalue weighted by molar-refractivity contribution is 9.10. The van der Waals surface area contributed by atoms with Crippen molar-refractivity contribution < 1.29 is 9.53 Å². The number of nitrogens with one attached hydrogen (secondary N) is 1.